The number of pyridine rings is 1. The highest BCUT2D eigenvalue weighted by Crippen LogP contribution is 2.40. The van der Waals surface area contributed by atoms with E-state index in [1.165, 1.54) is 11.2 Å². The molecule has 1 saturated heterocycles. The van der Waals surface area contributed by atoms with Gasteiger partial charge in [-0.2, -0.15) is 0 Å². The van der Waals surface area contributed by atoms with Crippen molar-refractivity contribution in [1.29, 1.82) is 0 Å². The number of aliphatic hydroxyl groups is 1. The second-order valence-corrected chi connectivity index (χ2v) is 6.76. The standard InChI is InChI=1S/C23H20N2O5/c1-2-29-17-7-5-16(6-8-17)21(26)19-20(18-4-3-13-30-18)25(23(28)22(19)27)14-15-9-11-24-12-10-15/h3-13,20,26H,2,14H2,1H3/b21-19-. The molecular weight excluding hydrogens is 384 g/mol. The molecule has 4 rings (SSSR count). The van der Waals surface area contributed by atoms with Crippen molar-refractivity contribution in [2.75, 3.05) is 6.61 Å². The van der Waals surface area contributed by atoms with Gasteiger partial charge in [0.1, 0.15) is 23.3 Å². The molecule has 0 saturated carbocycles. The Balaban J connectivity index is 1.78. The van der Waals surface area contributed by atoms with Crippen molar-refractivity contribution in [3.05, 3.63) is 89.6 Å². The highest BCUT2D eigenvalue weighted by molar-refractivity contribution is 6.46. The molecule has 3 aromatic rings. The second-order valence-electron chi connectivity index (χ2n) is 6.76. The Morgan fingerprint density at radius 3 is 2.50 bits per heavy atom. The molecule has 0 radical (unpaired) electrons. The third-order valence-corrected chi connectivity index (χ3v) is 4.89. The van der Waals surface area contributed by atoms with Crippen LogP contribution >= 0.6 is 0 Å². The molecule has 1 amide bonds. The number of carbonyl (C=O) groups excluding carboxylic acids is 2. The van der Waals surface area contributed by atoms with Crippen LogP contribution in [0.5, 0.6) is 5.75 Å². The Kier molecular flexibility index (Phi) is 5.34. The van der Waals surface area contributed by atoms with Crippen molar-refractivity contribution in [3.8, 4) is 5.75 Å². The first-order valence-corrected chi connectivity index (χ1v) is 9.54. The third-order valence-electron chi connectivity index (χ3n) is 4.89. The normalized spacial score (nSPS) is 18.0. The van der Waals surface area contributed by atoms with Gasteiger partial charge in [-0.1, -0.05) is 0 Å². The van der Waals surface area contributed by atoms with Crippen molar-refractivity contribution in [2.24, 2.45) is 0 Å². The van der Waals surface area contributed by atoms with Crippen LogP contribution in [0.3, 0.4) is 0 Å². The Labute approximate surface area is 173 Å². The Morgan fingerprint density at radius 1 is 1.13 bits per heavy atom. The number of Topliss-reactive ketones (excluding diaryl/α,β-unsaturated/α-hetero) is 1. The molecule has 2 aromatic heterocycles. The van der Waals surface area contributed by atoms with Crippen LogP contribution in [0.25, 0.3) is 5.76 Å². The molecule has 30 heavy (non-hydrogen) atoms. The molecule has 7 nitrogen and oxygen atoms in total. The fourth-order valence-corrected chi connectivity index (χ4v) is 3.50. The van der Waals surface area contributed by atoms with Gasteiger partial charge in [-0.25, -0.2) is 0 Å². The average molecular weight is 404 g/mol. The van der Waals surface area contributed by atoms with E-state index in [0.717, 1.165) is 5.56 Å². The van der Waals surface area contributed by atoms with Gasteiger partial charge in [0, 0.05) is 24.5 Å². The van der Waals surface area contributed by atoms with Crippen LogP contribution in [0.1, 0.15) is 29.9 Å². The lowest BCUT2D eigenvalue weighted by Crippen LogP contribution is -2.29. The fraction of sp³-hybridized carbons (Fsp3) is 0.174. The van der Waals surface area contributed by atoms with Crippen molar-refractivity contribution in [1.82, 2.24) is 9.88 Å². The molecule has 1 N–H and O–H groups in total. The molecule has 1 fully saturated rings. The number of aromatic nitrogens is 1. The van der Waals surface area contributed by atoms with Gasteiger partial charge in [0.25, 0.3) is 11.7 Å². The van der Waals surface area contributed by atoms with Gasteiger partial charge in [-0.15, -0.1) is 0 Å². The first kappa shape index (κ1) is 19.4. The SMILES string of the molecule is CCOc1ccc(/C(O)=C2/C(=O)C(=O)N(Cc3ccncc3)C2c2ccco2)cc1. The van der Waals surface area contributed by atoms with Crippen LogP contribution < -0.4 is 4.74 Å². The maximum Gasteiger partial charge on any atom is 0.296 e. The van der Waals surface area contributed by atoms with E-state index in [1.807, 2.05) is 6.92 Å². The van der Waals surface area contributed by atoms with E-state index in [0.29, 0.717) is 23.7 Å². The first-order chi connectivity index (χ1) is 14.6. The lowest BCUT2D eigenvalue weighted by molar-refractivity contribution is -0.140. The van der Waals surface area contributed by atoms with Crippen LogP contribution in [0.4, 0.5) is 0 Å². The third kappa shape index (κ3) is 3.57. The van der Waals surface area contributed by atoms with Crippen LogP contribution in [0.2, 0.25) is 0 Å². The number of furan rings is 1. The lowest BCUT2D eigenvalue weighted by atomic mass is 9.99. The number of aliphatic hydroxyl groups excluding tert-OH is 1. The predicted molar refractivity (Wildman–Crippen MR) is 108 cm³/mol. The maximum atomic E-state index is 12.9. The highest BCUT2D eigenvalue weighted by atomic mass is 16.5. The topological polar surface area (TPSA) is 92.9 Å². The summed E-state index contributed by atoms with van der Waals surface area (Å²) in [6.45, 7) is 2.57. The van der Waals surface area contributed by atoms with E-state index < -0.39 is 17.7 Å². The number of rotatable bonds is 6. The van der Waals surface area contributed by atoms with E-state index in [4.69, 9.17) is 9.15 Å². The summed E-state index contributed by atoms with van der Waals surface area (Å²) < 4.78 is 10.9. The summed E-state index contributed by atoms with van der Waals surface area (Å²) in [5.74, 6) is -0.655. The molecule has 0 aliphatic carbocycles. The van der Waals surface area contributed by atoms with E-state index in [1.54, 1.807) is 60.9 Å². The largest absolute Gasteiger partial charge is 0.507 e. The minimum atomic E-state index is -0.834. The number of carbonyl (C=O) groups is 2. The molecule has 1 aliphatic heterocycles. The van der Waals surface area contributed by atoms with E-state index in [9.17, 15) is 14.7 Å². The van der Waals surface area contributed by atoms with Crippen LogP contribution in [-0.2, 0) is 16.1 Å². The summed E-state index contributed by atoms with van der Waals surface area (Å²) in [6.07, 6.45) is 4.71. The zero-order chi connectivity index (χ0) is 21.1. The fourth-order valence-electron chi connectivity index (χ4n) is 3.50. The highest BCUT2D eigenvalue weighted by Gasteiger charge is 2.47. The molecule has 152 valence electrons. The minimum absolute atomic E-state index is 0.00633. The maximum absolute atomic E-state index is 12.9. The molecule has 1 atom stereocenters. The molecule has 1 aromatic carbocycles. The molecular formula is C23H20N2O5. The van der Waals surface area contributed by atoms with Crippen molar-refractivity contribution < 1.29 is 23.8 Å². The molecule has 3 heterocycles. The summed E-state index contributed by atoms with van der Waals surface area (Å²) in [6, 6.07) is 12.8. The zero-order valence-corrected chi connectivity index (χ0v) is 16.3. The quantitative estimate of drug-likeness (QED) is 0.383. The second kappa shape index (κ2) is 8.24. The number of amides is 1. The van der Waals surface area contributed by atoms with Crippen LogP contribution in [0.15, 0.2) is 77.2 Å². The van der Waals surface area contributed by atoms with Crippen molar-refractivity contribution in [2.45, 2.75) is 19.5 Å². The molecule has 0 bridgehead atoms. The predicted octanol–water partition coefficient (Wildman–Crippen LogP) is 3.70. The van der Waals surface area contributed by atoms with Crippen molar-refractivity contribution in [3.63, 3.8) is 0 Å². The summed E-state index contributed by atoms with van der Waals surface area (Å²) in [5, 5.41) is 11.0. The van der Waals surface area contributed by atoms with Crippen LogP contribution in [-0.4, -0.2) is 33.3 Å². The number of ether oxygens (including phenoxy) is 1. The lowest BCUT2D eigenvalue weighted by Gasteiger charge is -2.23. The number of hydrogen-bond donors (Lipinski definition) is 1. The molecule has 7 heteroatoms. The minimum Gasteiger partial charge on any atom is -0.507 e. The monoisotopic (exact) mass is 404 g/mol. The summed E-state index contributed by atoms with van der Waals surface area (Å²) in [5.41, 5.74) is 1.22. The summed E-state index contributed by atoms with van der Waals surface area (Å²) >= 11 is 0. The van der Waals surface area contributed by atoms with Gasteiger partial charge in [-0.3, -0.25) is 14.6 Å². The van der Waals surface area contributed by atoms with Gasteiger partial charge >= 0.3 is 0 Å². The number of ketones is 1. The number of likely N-dealkylation sites (tertiary alicyclic amines) is 1. The van der Waals surface area contributed by atoms with Crippen LogP contribution in [0, 0.1) is 0 Å². The van der Waals surface area contributed by atoms with Gasteiger partial charge < -0.3 is 19.2 Å². The number of nitrogens with zero attached hydrogens (tertiary/aromatic N) is 2. The Morgan fingerprint density at radius 2 is 1.87 bits per heavy atom. The van der Waals surface area contributed by atoms with E-state index in [-0.39, 0.29) is 17.9 Å². The molecule has 0 spiro atoms. The Hall–Kier alpha value is -3.87. The van der Waals surface area contributed by atoms with Gasteiger partial charge in [-0.05, 0) is 61.0 Å². The number of hydrogen-bond acceptors (Lipinski definition) is 6. The molecule has 1 aliphatic rings. The Bertz CT molecular complexity index is 1070. The smallest absolute Gasteiger partial charge is 0.296 e. The summed E-state index contributed by atoms with van der Waals surface area (Å²) in [4.78, 5) is 31.1. The van der Waals surface area contributed by atoms with Crippen molar-refractivity contribution >= 4 is 17.4 Å². The van der Waals surface area contributed by atoms with E-state index >= 15 is 0 Å². The van der Waals surface area contributed by atoms with E-state index in [2.05, 4.69) is 4.98 Å². The average Bonchev–Trinajstić information content (AvgIpc) is 3.38. The van der Waals surface area contributed by atoms with Gasteiger partial charge in [0.2, 0.25) is 0 Å². The number of benzene rings is 1. The van der Waals surface area contributed by atoms with Gasteiger partial charge in [0.15, 0.2) is 0 Å². The first-order valence-electron chi connectivity index (χ1n) is 9.54. The molecule has 1 unspecified atom stereocenters. The summed E-state index contributed by atoms with van der Waals surface area (Å²) in [7, 11) is 0. The van der Waals surface area contributed by atoms with Gasteiger partial charge in [0.05, 0.1) is 18.4 Å². The zero-order valence-electron chi connectivity index (χ0n) is 16.3.